The lowest BCUT2D eigenvalue weighted by Gasteiger charge is -2.13. The number of benzene rings is 2. The van der Waals surface area contributed by atoms with E-state index in [0.29, 0.717) is 28.6 Å². The first-order valence-electron chi connectivity index (χ1n) is 7.73. The van der Waals surface area contributed by atoms with Crippen molar-refractivity contribution in [3.05, 3.63) is 57.5 Å². The Labute approximate surface area is 154 Å². The highest BCUT2D eigenvalue weighted by Gasteiger charge is 2.16. The predicted molar refractivity (Wildman–Crippen MR) is 98.0 cm³/mol. The van der Waals surface area contributed by atoms with Crippen molar-refractivity contribution < 1.29 is 14.3 Å². The van der Waals surface area contributed by atoms with Crippen LogP contribution in [0.5, 0.6) is 5.75 Å². The number of carbonyl (C=O) groups excluding carboxylic acids is 1. The van der Waals surface area contributed by atoms with E-state index < -0.39 is 0 Å². The van der Waals surface area contributed by atoms with Crippen molar-refractivity contribution in [2.45, 2.75) is 18.9 Å². The van der Waals surface area contributed by atoms with Gasteiger partial charge in [-0.25, -0.2) is 0 Å². The maximum Gasteiger partial charge on any atom is 0.257 e. The van der Waals surface area contributed by atoms with Crippen molar-refractivity contribution in [1.82, 2.24) is 0 Å². The lowest BCUT2D eigenvalue weighted by atomic mass is 10.2. The van der Waals surface area contributed by atoms with E-state index in [1.54, 1.807) is 24.3 Å². The van der Waals surface area contributed by atoms with Gasteiger partial charge >= 0.3 is 0 Å². The molecule has 1 aliphatic heterocycles. The van der Waals surface area contributed by atoms with Gasteiger partial charge in [0.15, 0.2) is 0 Å². The lowest BCUT2D eigenvalue weighted by Crippen LogP contribution is -2.16. The van der Waals surface area contributed by atoms with Gasteiger partial charge in [0.05, 0.1) is 16.7 Å². The van der Waals surface area contributed by atoms with Crippen LogP contribution in [0.1, 0.15) is 23.2 Å². The average Bonchev–Trinajstić information content (AvgIpc) is 3.09. The zero-order valence-corrected chi connectivity index (χ0v) is 15.3. The van der Waals surface area contributed by atoms with E-state index in [1.807, 2.05) is 18.2 Å². The molecule has 1 saturated heterocycles. The van der Waals surface area contributed by atoms with Crippen molar-refractivity contribution >= 4 is 39.1 Å². The first-order valence-corrected chi connectivity index (χ1v) is 8.90. The fraction of sp³-hybridized carbons (Fsp3) is 0.278. The minimum Gasteiger partial charge on any atom is -0.491 e. The van der Waals surface area contributed by atoms with Crippen LogP contribution in [0.25, 0.3) is 0 Å². The second-order valence-corrected chi connectivity index (χ2v) is 6.88. The summed E-state index contributed by atoms with van der Waals surface area (Å²) in [6.45, 7) is 1.33. The van der Waals surface area contributed by atoms with Crippen molar-refractivity contribution in [1.29, 1.82) is 0 Å². The molecular weight excluding hydrogens is 394 g/mol. The number of ether oxygens (including phenoxy) is 2. The summed E-state index contributed by atoms with van der Waals surface area (Å²) >= 11 is 9.43. The van der Waals surface area contributed by atoms with Gasteiger partial charge in [0.2, 0.25) is 0 Å². The molecule has 24 heavy (non-hydrogen) atoms. The Morgan fingerprint density at radius 1 is 1.33 bits per heavy atom. The molecule has 3 rings (SSSR count). The standard InChI is InChI=1S/C18H17BrClNO3/c19-12-6-7-17(20)16(9-12)18(22)21-13-3-1-4-14(10-13)24-11-15-5-2-8-23-15/h1,3-4,6-7,9-10,15H,2,5,8,11H2,(H,21,22). The third-order valence-corrected chi connectivity index (χ3v) is 4.55. The van der Waals surface area contributed by atoms with Crippen LogP contribution in [0.15, 0.2) is 46.9 Å². The summed E-state index contributed by atoms with van der Waals surface area (Å²) in [5, 5.41) is 3.24. The van der Waals surface area contributed by atoms with Crippen LogP contribution in [-0.4, -0.2) is 25.2 Å². The third-order valence-electron chi connectivity index (χ3n) is 3.72. The zero-order chi connectivity index (χ0) is 16.9. The molecule has 0 aliphatic carbocycles. The molecule has 1 fully saturated rings. The monoisotopic (exact) mass is 409 g/mol. The average molecular weight is 411 g/mol. The summed E-state index contributed by atoms with van der Waals surface area (Å²) in [5.74, 6) is 0.432. The first-order chi connectivity index (χ1) is 11.6. The molecule has 4 nitrogen and oxygen atoms in total. The van der Waals surface area contributed by atoms with E-state index in [0.717, 1.165) is 23.9 Å². The van der Waals surface area contributed by atoms with Gasteiger partial charge in [-0.3, -0.25) is 4.79 Å². The molecule has 0 aromatic heterocycles. The summed E-state index contributed by atoms with van der Waals surface area (Å²) in [7, 11) is 0. The van der Waals surface area contributed by atoms with Crippen LogP contribution in [0.4, 0.5) is 5.69 Å². The SMILES string of the molecule is O=C(Nc1cccc(OCC2CCCO2)c1)c1cc(Br)ccc1Cl. The largest absolute Gasteiger partial charge is 0.491 e. The predicted octanol–water partition coefficient (Wildman–Crippen LogP) is 4.91. The van der Waals surface area contributed by atoms with Gasteiger partial charge in [-0.1, -0.05) is 33.6 Å². The minimum absolute atomic E-state index is 0.156. The Bertz CT molecular complexity index is 732. The second-order valence-electron chi connectivity index (χ2n) is 5.55. The van der Waals surface area contributed by atoms with Crippen LogP contribution >= 0.6 is 27.5 Å². The fourth-order valence-electron chi connectivity index (χ4n) is 2.50. The topological polar surface area (TPSA) is 47.6 Å². The molecule has 0 radical (unpaired) electrons. The van der Waals surface area contributed by atoms with Crippen LogP contribution in [-0.2, 0) is 4.74 Å². The zero-order valence-electron chi connectivity index (χ0n) is 12.9. The van der Waals surface area contributed by atoms with Gasteiger partial charge in [-0.2, -0.15) is 0 Å². The molecule has 1 unspecified atom stereocenters. The molecule has 6 heteroatoms. The van der Waals surface area contributed by atoms with Gasteiger partial charge in [0.25, 0.3) is 5.91 Å². The highest BCUT2D eigenvalue weighted by atomic mass is 79.9. The lowest BCUT2D eigenvalue weighted by molar-refractivity contribution is 0.0680. The van der Waals surface area contributed by atoms with Gasteiger partial charge in [-0.05, 0) is 43.2 Å². The van der Waals surface area contributed by atoms with Crippen LogP contribution in [0.3, 0.4) is 0 Å². The highest BCUT2D eigenvalue weighted by Crippen LogP contribution is 2.24. The molecule has 1 heterocycles. The normalized spacial score (nSPS) is 16.8. The summed E-state index contributed by atoms with van der Waals surface area (Å²) in [6, 6.07) is 12.5. The van der Waals surface area contributed by atoms with Gasteiger partial charge in [0, 0.05) is 22.8 Å². The van der Waals surface area contributed by atoms with Crippen molar-refractivity contribution in [2.24, 2.45) is 0 Å². The number of anilines is 1. The quantitative estimate of drug-likeness (QED) is 0.761. The summed E-state index contributed by atoms with van der Waals surface area (Å²) in [4.78, 5) is 12.4. The molecule has 1 atom stereocenters. The van der Waals surface area contributed by atoms with E-state index in [1.165, 1.54) is 0 Å². The maximum atomic E-state index is 12.4. The molecule has 1 N–H and O–H groups in total. The Kier molecular flexibility index (Phi) is 5.76. The van der Waals surface area contributed by atoms with Crippen LogP contribution in [0.2, 0.25) is 5.02 Å². The molecular formula is C18H17BrClNO3. The fourth-order valence-corrected chi connectivity index (χ4v) is 3.06. The van der Waals surface area contributed by atoms with Gasteiger partial charge < -0.3 is 14.8 Å². The number of rotatable bonds is 5. The molecule has 0 spiro atoms. The number of hydrogen-bond acceptors (Lipinski definition) is 3. The molecule has 126 valence electrons. The van der Waals surface area contributed by atoms with Gasteiger partial charge in [-0.15, -0.1) is 0 Å². The number of amides is 1. The Morgan fingerprint density at radius 3 is 3.00 bits per heavy atom. The smallest absolute Gasteiger partial charge is 0.257 e. The molecule has 1 amide bonds. The van der Waals surface area contributed by atoms with E-state index in [-0.39, 0.29) is 12.0 Å². The van der Waals surface area contributed by atoms with E-state index in [2.05, 4.69) is 21.2 Å². The van der Waals surface area contributed by atoms with E-state index in [9.17, 15) is 4.79 Å². The highest BCUT2D eigenvalue weighted by molar-refractivity contribution is 9.10. The Balaban J connectivity index is 1.65. The van der Waals surface area contributed by atoms with Crippen molar-refractivity contribution in [3.63, 3.8) is 0 Å². The van der Waals surface area contributed by atoms with Gasteiger partial charge in [0.1, 0.15) is 12.4 Å². The minimum atomic E-state index is -0.266. The number of halogens is 2. The first kappa shape index (κ1) is 17.3. The summed E-state index contributed by atoms with van der Waals surface area (Å²) in [6.07, 6.45) is 2.26. The summed E-state index contributed by atoms with van der Waals surface area (Å²) < 4.78 is 12.1. The number of carbonyl (C=O) groups is 1. The third kappa shape index (κ3) is 4.50. The number of hydrogen-bond donors (Lipinski definition) is 1. The molecule has 2 aromatic rings. The molecule has 2 aromatic carbocycles. The van der Waals surface area contributed by atoms with Crippen molar-refractivity contribution in [2.75, 3.05) is 18.5 Å². The van der Waals surface area contributed by atoms with Crippen molar-refractivity contribution in [3.8, 4) is 5.75 Å². The Hall–Kier alpha value is -1.56. The number of nitrogens with one attached hydrogen (secondary N) is 1. The maximum absolute atomic E-state index is 12.4. The van der Waals surface area contributed by atoms with Crippen LogP contribution in [0, 0.1) is 0 Å². The molecule has 0 bridgehead atoms. The molecule has 1 aliphatic rings. The Morgan fingerprint density at radius 2 is 2.21 bits per heavy atom. The second kappa shape index (κ2) is 8.01. The molecule has 0 saturated carbocycles. The van der Waals surface area contributed by atoms with Crippen LogP contribution < -0.4 is 10.1 Å². The van der Waals surface area contributed by atoms with E-state index >= 15 is 0 Å². The summed E-state index contributed by atoms with van der Waals surface area (Å²) in [5.41, 5.74) is 1.07. The van der Waals surface area contributed by atoms with E-state index in [4.69, 9.17) is 21.1 Å².